The third-order valence-corrected chi connectivity index (χ3v) is 5.37. The molecule has 0 unspecified atom stereocenters. The zero-order valence-corrected chi connectivity index (χ0v) is 15.6. The van der Waals surface area contributed by atoms with Gasteiger partial charge >= 0.3 is 0 Å². The van der Waals surface area contributed by atoms with Gasteiger partial charge in [-0.15, -0.1) is 0 Å². The second-order valence-corrected chi connectivity index (χ2v) is 7.31. The number of pyridine rings is 1. The number of amides is 2. The second kappa shape index (κ2) is 7.58. The van der Waals surface area contributed by atoms with E-state index in [1.54, 1.807) is 53.6 Å². The molecule has 2 amide bonds. The highest BCUT2D eigenvalue weighted by Crippen LogP contribution is 2.29. The Morgan fingerprint density at radius 2 is 2.11 bits per heavy atom. The van der Waals surface area contributed by atoms with E-state index in [0.717, 1.165) is 10.6 Å². The number of nitrogens with one attached hydrogen (secondary N) is 1. The van der Waals surface area contributed by atoms with Gasteiger partial charge in [0, 0.05) is 29.6 Å². The van der Waals surface area contributed by atoms with Crippen molar-refractivity contribution in [3.8, 4) is 6.07 Å². The van der Waals surface area contributed by atoms with Crippen LogP contribution in [0.1, 0.15) is 37.0 Å². The van der Waals surface area contributed by atoms with Crippen LogP contribution in [0.5, 0.6) is 0 Å². The zero-order chi connectivity index (χ0) is 19.5. The number of carbonyl (C=O) groups is 2. The van der Waals surface area contributed by atoms with E-state index in [1.807, 2.05) is 0 Å². The first-order chi connectivity index (χ1) is 13.6. The molecule has 3 aromatic rings. The molecule has 1 aromatic carbocycles. The van der Waals surface area contributed by atoms with E-state index in [-0.39, 0.29) is 11.8 Å². The molecule has 1 aliphatic heterocycles. The van der Waals surface area contributed by atoms with Gasteiger partial charge in [0.25, 0.3) is 11.8 Å². The molecule has 8 heteroatoms. The first kappa shape index (κ1) is 17.8. The summed E-state index contributed by atoms with van der Waals surface area (Å²) in [6, 6.07) is 13.9. The van der Waals surface area contributed by atoms with Crippen LogP contribution in [0, 0.1) is 11.3 Å². The van der Waals surface area contributed by atoms with E-state index >= 15 is 0 Å². The molecule has 3 heterocycles. The summed E-state index contributed by atoms with van der Waals surface area (Å²) in [6.07, 6.45) is 2.18. The highest BCUT2D eigenvalue weighted by Gasteiger charge is 2.25. The first-order valence-electron chi connectivity index (χ1n) is 8.64. The van der Waals surface area contributed by atoms with Gasteiger partial charge in [-0.2, -0.15) is 5.26 Å². The maximum atomic E-state index is 12.8. The summed E-state index contributed by atoms with van der Waals surface area (Å²) < 4.78 is 0. The third-order valence-electron chi connectivity index (χ3n) is 4.38. The summed E-state index contributed by atoms with van der Waals surface area (Å²) in [6.45, 7) is 0.974. The van der Waals surface area contributed by atoms with Crippen LogP contribution >= 0.6 is 11.3 Å². The predicted octanol–water partition coefficient (Wildman–Crippen LogP) is 2.86. The van der Waals surface area contributed by atoms with Crippen molar-refractivity contribution < 1.29 is 9.59 Å². The van der Waals surface area contributed by atoms with Crippen LogP contribution in [0.25, 0.3) is 0 Å². The van der Waals surface area contributed by atoms with Crippen molar-refractivity contribution in [2.45, 2.75) is 13.0 Å². The molecule has 1 aliphatic rings. The lowest BCUT2D eigenvalue weighted by Crippen LogP contribution is -2.35. The maximum Gasteiger partial charge on any atom is 0.276 e. The number of rotatable bonds is 3. The van der Waals surface area contributed by atoms with Crippen molar-refractivity contribution in [3.05, 3.63) is 76.1 Å². The number of nitriles is 1. The van der Waals surface area contributed by atoms with E-state index in [2.05, 4.69) is 21.4 Å². The molecule has 2 aromatic heterocycles. The number of benzene rings is 1. The van der Waals surface area contributed by atoms with Crippen LogP contribution in [0.2, 0.25) is 0 Å². The zero-order valence-electron chi connectivity index (χ0n) is 14.8. The molecule has 0 saturated heterocycles. The lowest BCUT2D eigenvalue weighted by Gasteiger charge is -2.26. The average Bonchev–Trinajstić information content (AvgIpc) is 3.15. The smallest absolute Gasteiger partial charge is 0.276 e. The normalized spacial score (nSPS) is 12.8. The number of anilines is 1. The largest absolute Gasteiger partial charge is 0.333 e. The van der Waals surface area contributed by atoms with Crippen molar-refractivity contribution in [2.24, 2.45) is 0 Å². The molecule has 0 saturated carbocycles. The van der Waals surface area contributed by atoms with Gasteiger partial charge in [-0.1, -0.05) is 23.5 Å². The number of carbonyl (C=O) groups excluding carboxylic acids is 2. The molecule has 0 fully saturated rings. The van der Waals surface area contributed by atoms with Crippen molar-refractivity contribution in [1.82, 2.24) is 14.9 Å². The molecule has 0 bridgehead atoms. The Morgan fingerprint density at radius 1 is 1.21 bits per heavy atom. The van der Waals surface area contributed by atoms with Crippen molar-refractivity contribution >= 4 is 28.3 Å². The molecule has 0 radical (unpaired) electrons. The first-order valence-corrected chi connectivity index (χ1v) is 9.46. The lowest BCUT2D eigenvalue weighted by atomic mass is 10.1. The third kappa shape index (κ3) is 3.61. The Labute approximate surface area is 165 Å². The summed E-state index contributed by atoms with van der Waals surface area (Å²) in [7, 11) is 0. The number of thiazole rings is 1. The Morgan fingerprint density at radius 3 is 2.89 bits per heavy atom. The van der Waals surface area contributed by atoms with Gasteiger partial charge in [0.1, 0.15) is 5.69 Å². The van der Waals surface area contributed by atoms with Crippen LogP contribution in [0.15, 0.2) is 48.7 Å². The van der Waals surface area contributed by atoms with Crippen LogP contribution in [0.4, 0.5) is 5.13 Å². The summed E-state index contributed by atoms with van der Waals surface area (Å²) >= 11 is 1.37. The number of hydrogen-bond acceptors (Lipinski definition) is 6. The van der Waals surface area contributed by atoms with Crippen LogP contribution in [-0.2, 0) is 13.0 Å². The molecule has 28 heavy (non-hydrogen) atoms. The Balaban J connectivity index is 1.48. The SMILES string of the molecule is N#Cc1cccc(C(=O)N2CCc3nc(NC(=O)c4ccccn4)sc3C2)c1. The topological polar surface area (TPSA) is 99.0 Å². The van der Waals surface area contributed by atoms with Crippen LogP contribution < -0.4 is 5.32 Å². The molecule has 0 spiro atoms. The number of aromatic nitrogens is 2. The summed E-state index contributed by atoms with van der Waals surface area (Å²) in [5.41, 5.74) is 2.18. The minimum atomic E-state index is -0.312. The van der Waals surface area contributed by atoms with E-state index in [1.165, 1.54) is 11.3 Å². The minimum absolute atomic E-state index is 0.116. The van der Waals surface area contributed by atoms with Gasteiger partial charge in [-0.25, -0.2) is 4.98 Å². The van der Waals surface area contributed by atoms with Gasteiger partial charge in [0.15, 0.2) is 5.13 Å². The van der Waals surface area contributed by atoms with Crippen molar-refractivity contribution in [1.29, 1.82) is 5.26 Å². The lowest BCUT2D eigenvalue weighted by molar-refractivity contribution is 0.0736. The average molecular weight is 389 g/mol. The minimum Gasteiger partial charge on any atom is -0.333 e. The van der Waals surface area contributed by atoms with Crippen molar-refractivity contribution in [2.75, 3.05) is 11.9 Å². The van der Waals surface area contributed by atoms with Crippen molar-refractivity contribution in [3.63, 3.8) is 0 Å². The molecular weight excluding hydrogens is 374 g/mol. The van der Waals surface area contributed by atoms with Gasteiger partial charge < -0.3 is 4.90 Å². The predicted molar refractivity (Wildman–Crippen MR) is 104 cm³/mol. The molecule has 138 valence electrons. The molecule has 1 N–H and O–H groups in total. The molecule has 7 nitrogen and oxygen atoms in total. The van der Waals surface area contributed by atoms with E-state index in [4.69, 9.17) is 5.26 Å². The van der Waals surface area contributed by atoms with Gasteiger partial charge in [-0.05, 0) is 30.3 Å². The van der Waals surface area contributed by atoms with E-state index in [9.17, 15) is 9.59 Å². The highest BCUT2D eigenvalue weighted by atomic mass is 32.1. The fraction of sp³-hybridized carbons (Fsp3) is 0.150. The molecular formula is C20H15N5O2S. The fourth-order valence-electron chi connectivity index (χ4n) is 2.98. The Hall–Kier alpha value is -3.57. The number of fused-ring (bicyclic) bond motifs is 1. The van der Waals surface area contributed by atoms with E-state index < -0.39 is 0 Å². The summed E-state index contributed by atoms with van der Waals surface area (Å²) in [4.78, 5) is 36.2. The van der Waals surface area contributed by atoms with Gasteiger partial charge in [0.2, 0.25) is 0 Å². The van der Waals surface area contributed by atoms with Gasteiger partial charge in [-0.3, -0.25) is 19.9 Å². The maximum absolute atomic E-state index is 12.8. The molecule has 4 rings (SSSR count). The van der Waals surface area contributed by atoms with Crippen LogP contribution in [-0.4, -0.2) is 33.2 Å². The summed E-state index contributed by atoms with van der Waals surface area (Å²) in [5.74, 6) is -0.428. The second-order valence-electron chi connectivity index (χ2n) is 6.23. The Bertz CT molecular complexity index is 1090. The van der Waals surface area contributed by atoms with Gasteiger partial charge in [0.05, 0.1) is 23.9 Å². The Kier molecular flexibility index (Phi) is 4.83. The number of hydrogen-bond donors (Lipinski definition) is 1. The fourth-order valence-corrected chi connectivity index (χ4v) is 4.00. The molecule has 0 aliphatic carbocycles. The van der Waals surface area contributed by atoms with E-state index in [0.29, 0.717) is 41.5 Å². The summed E-state index contributed by atoms with van der Waals surface area (Å²) in [5, 5.41) is 12.3. The number of nitrogens with zero attached hydrogens (tertiary/aromatic N) is 4. The monoisotopic (exact) mass is 389 g/mol. The standard InChI is InChI=1S/C20H15N5O2S/c21-11-13-4-3-5-14(10-13)19(27)25-9-7-15-17(12-25)28-20(23-15)24-18(26)16-6-1-2-8-22-16/h1-6,8,10H,7,9,12H2,(H,23,24,26). The highest BCUT2D eigenvalue weighted by molar-refractivity contribution is 7.15. The quantitative estimate of drug-likeness (QED) is 0.743. The molecule has 0 atom stereocenters. The van der Waals surface area contributed by atoms with Crippen LogP contribution in [0.3, 0.4) is 0 Å².